The largest absolute Gasteiger partial charge is 0.466 e. The van der Waals surface area contributed by atoms with E-state index in [9.17, 15) is 9.90 Å². The van der Waals surface area contributed by atoms with Crippen molar-refractivity contribution in [3.05, 3.63) is 60.1 Å². The number of benzene rings is 1. The molecule has 0 radical (unpaired) electrons. The van der Waals surface area contributed by atoms with Crippen LogP contribution in [-0.4, -0.2) is 28.0 Å². The van der Waals surface area contributed by atoms with Crippen LogP contribution in [0.4, 0.5) is 0 Å². The van der Waals surface area contributed by atoms with E-state index in [1.54, 1.807) is 6.26 Å². The first-order valence-corrected chi connectivity index (χ1v) is 8.72. The Bertz CT molecular complexity index is 696. The van der Waals surface area contributed by atoms with Crippen molar-refractivity contribution in [3.8, 4) is 0 Å². The summed E-state index contributed by atoms with van der Waals surface area (Å²) in [6.45, 7) is 1.98. The minimum Gasteiger partial charge on any atom is -0.466 e. The molecular formula is C20H23NO3. The molecule has 1 aromatic heterocycles. The number of carbonyl (C=O) groups is 1. The number of piperidine rings is 1. The number of carbonyl (C=O) groups excluding carboxylic acids is 1. The third-order valence-corrected chi connectivity index (χ3v) is 5.67. The Hall–Kier alpha value is -2.07. The minimum absolute atomic E-state index is 0.0949. The molecule has 1 aromatic carbocycles. The third kappa shape index (κ3) is 2.46. The average molecular weight is 325 g/mol. The van der Waals surface area contributed by atoms with Crippen LogP contribution in [0.3, 0.4) is 0 Å². The Morgan fingerprint density at radius 1 is 1.17 bits per heavy atom. The molecule has 2 saturated heterocycles. The minimum atomic E-state index is -0.942. The van der Waals surface area contributed by atoms with Crippen LogP contribution in [0.5, 0.6) is 0 Å². The lowest BCUT2D eigenvalue weighted by Crippen LogP contribution is -2.52. The summed E-state index contributed by atoms with van der Waals surface area (Å²) in [5.74, 6) is 0.655. The van der Waals surface area contributed by atoms with Crippen LogP contribution >= 0.6 is 0 Å². The molecule has 0 aliphatic carbocycles. The van der Waals surface area contributed by atoms with Gasteiger partial charge in [0.25, 0.3) is 0 Å². The summed E-state index contributed by atoms with van der Waals surface area (Å²) in [6.07, 6.45) is 4.64. The second kappa shape index (κ2) is 5.78. The van der Waals surface area contributed by atoms with Gasteiger partial charge in [-0.05, 0) is 37.5 Å². The maximum absolute atomic E-state index is 13.1. The number of amides is 1. The van der Waals surface area contributed by atoms with Gasteiger partial charge >= 0.3 is 0 Å². The third-order valence-electron chi connectivity index (χ3n) is 5.67. The molecular weight excluding hydrogens is 302 g/mol. The van der Waals surface area contributed by atoms with Crippen LogP contribution < -0.4 is 0 Å². The first kappa shape index (κ1) is 15.5. The summed E-state index contributed by atoms with van der Waals surface area (Å²) in [7, 11) is 0. The number of aliphatic hydroxyl groups is 1. The van der Waals surface area contributed by atoms with E-state index in [2.05, 4.69) is 0 Å². The maximum atomic E-state index is 13.1. The maximum Gasteiger partial charge on any atom is 0.230 e. The Morgan fingerprint density at radius 2 is 1.83 bits per heavy atom. The monoisotopic (exact) mass is 325 g/mol. The van der Waals surface area contributed by atoms with E-state index >= 15 is 0 Å². The topological polar surface area (TPSA) is 53.7 Å². The van der Waals surface area contributed by atoms with Gasteiger partial charge in [-0.1, -0.05) is 30.3 Å². The molecule has 4 atom stereocenters. The van der Waals surface area contributed by atoms with Crippen molar-refractivity contribution in [2.45, 2.75) is 56.2 Å². The molecule has 4 heteroatoms. The van der Waals surface area contributed by atoms with E-state index in [1.807, 2.05) is 54.3 Å². The molecule has 2 aliphatic heterocycles. The van der Waals surface area contributed by atoms with Gasteiger partial charge in [-0.2, -0.15) is 0 Å². The zero-order chi connectivity index (χ0) is 16.7. The predicted molar refractivity (Wildman–Crippen MR) is 90.4 cm³/mol. The number of hydrogen-bond donors (Lipinski definition) is 1. The van der Waals surface area contributed by atoms with E-state index in [0.29, 0.717) is 18.6 Å². The summed E-state index contributed by atoms with van der Waals surface area (Å²) in [5, 5.41) is 11.0. The van der Waals surface area contributed by atoms with Crippen molar-refractivity contribution in [3.63, 3.8) is 0 Å². The fourth-order valence-corrected chi connectivity index (χ4v) is 4.44. The summed E-state index contributed by atoms with van der Waals surface area (Å²) >= 11 is 0. The number of furan rings is 1. The fourth-order valence-electron chi connectivity index (χ4n) is 4.44. The second-order valence-corrected chi connectivity index (χ2v) is 7.18. The Morgan fingerprint density at radius 3 is 2.42 bits per heavy atom. The smallest absolute Gasteiger partial charge is 0.230 e. The van der Waals surface area contributed by atoms with Gasteiger partial charge in [0.1, 0.15) is 11.4 Å². The quantitative estimate of drug-likeness (QED) is 0.941. The Kier molecular flexibility index (Phi) is 3.72. The summed E-state index contributed by atoms with van der Waals surface area (Å²) in [6, 6.07) is 13.8. The standard InChI is InChI=1S/C20H23NO3/c1-14(15-6-3-2-4-7-15)19(22)21-16-9-10-17(21)13-20(23,12-16)18-8-5-11-24-18/h2-8,11,14,16-17,23H,9-10,12-13H2,1H3/t14-,16-,17+,20?/m1/s1. The van der Waals surface area contributed by atoms with E-state index < -0.39 is 5.60 Å². The van der Waals surface area contributed by atoms with Crippen molar-refractivity contribution >= 4 is 5.91 Å². The first-order valence-electron chi connectivity index (χ1n) is 8.72. The fraction of sp³-hybridized carbons (Fsp3) is 0.450. The zero-order valence-corrected chi connectivity index (χ0v) is 13.9. The number of hydrogen-bond acceptors (Lipinski definition) is 3. The van der Waals surface area contributed by atoms with Gasteiger partial charge in [-0.15, -0.1) is 0 Å². The second-order valence-electron chi connectivity index (χ2n) is 7.18. The lowest BCUT2D eigenvalue weighted by atomic mass is 9.83. The van der Waals surface area contributed by atoms with Gasteiger partial charge in [-0.25, -0.2) is 0 Å². The van der Waals surface area contributed by atoms with Crippen LogP contribution in [0.15, 0.2) is 53.1 Å². The lowest BCUT2D eigenvalue weighted by molar-refractivity contribution is -0.144. The molecule has 126 valence electrons. The van der Waals surface area contributed by atoms with E-state index in [4.69, 9.17) is 4.42 Å². The SMILES string of the molecule is C[C@@H](C(=O)N1[C@@H]2CC[C@H]1CC(O)(c1ccco1)C2)c1ccccc1. The molecule has 0 spiro atoms. The first-order chi connectivity index (χ1) is 11.6. The van der Waals surface area contributed by atoms with Crippen molar-refractivity contribution in [1.82, 2.24) is 4.90 Å². The van der Waals surface area contributed by atoms with Crippen LogP contribution in [0.2, 0.25) is 0 Å². The molecule has 24 heavy (non-hydrogen) atoms. The van der Waals surface area contributed by atoms with E-state index in [1.165, 1.54) is 0 Å². The average Bonchev–Trinajstić information content (AvgIpc) is 3.23. The molecule has 2 fully saturated rings. The molecule has 1 amide bonds. The molecule has 1 N–H and O–H groups in total. The van der Waals surface area contributed by atoms with Crippen molar-refractivity contribution in [2.75, 3.05) is 0 Å². The zero-order valence-electron chi connectivity index (χ0n) is 13.9. The van der Waals surface area contributed by atoms with Crippen LogP contribution in [0.25, 0.3) is 0 Å². The molecule has 1 unspecified atom stereocenters. The molecule has 3 heterocycles. The Labute approximate surface area is 142 Å². The van der Waals surface area contributed by atoms with Gasteiger partial charge in [0.05, 0.1) is 12.2 Å². The summed E-state index contributed by atoms with van der Waals surface area (Å²) < 4.78 is 5.46. The highest BCUT2D eigenvalue weighted by molar-refractivity contribution is 5.84. The molecule has 4 nitrogen and oxygen atoms in total. The van der Waals surface area contributed by atoms with Crippen molar-refractivity contribution < 1.29 is 14.3 Å². The highest BCUT2D eigenvalue weighted by Crippen LogP contribution is 2.46. The van der Waals surface area contributed by atoms with Crippen LogP contribution in [0, 0.1) is 0 Å². The van der Waals surface area contributed by atoms with Crippen molar-refractivity contribution in [2.24, 2.45) is 0 Å². The van der Waals surface area contributed by atoms with Gasteiger partial charge in [0, 0.05) is 24.9 Å². The van der Waals surface area contributed by atoms with Gasteiger partial charge in [0.2, 0.25) is 5.91 Å². The Balaban J connectivity index is 1.55. The van der Waals surface area contributed by atoms with Crippen LogP contribution in [-0.2, 0) is 10.4 Å². The summed E-state index contributed by atoms with van der Waals surface area (Å²) in [5.41, 5.74) is 0.107. The molecule has 2 bridgehead atoms. The number of fused-ring (bicyclic) bond motifs is 2. The molecule has 0 saturated carbocycles. The predicted octanol–water partition coefficient (Wildman–Crippen LogP) is 3.42. The highest BCUT2D eigenvalue weighted by atomic mass is 16.4. The lowest BCUT2D eigenvalue weighted by Gasteiger charge is -2.43. The van der Waals surface area contributed by atoms with Crippen LogP contribution in [0.1, 0.15) is 49.8 Å². The van der Waals surface area contributed by atoms with Gasteiger partial charge in [-0.3, -0.25) is 4.79 Å². The van der Waals surface area contributed by atoms with Gasteiger partial charge < -0.3 is 14.4 Å². The normalized spacial score (nSPS) is 30.3. The molecule has 2 aliphatic rings. The number of nitrogens with zero attached hydrogens (tertiary/aromatic N) is 1. The number of rotatable bonds is 3. The van der Waals surface area contributed by atoms with Gasteiger partial charge in [0.15, 0.2) is 0 Å². The van der Waals surface area contributed by atoms with E-state index in [-0.39, 0.29) is 23.9 Å². The summed E-state index contributed by atoms with van der Waals surface area (Å²) in [4.78, 5) is 15.1. The van der Waals surface area contributed by atoms with E-state index in [0.717, 1.165) is 18.4 Å². The molecule has 2 aromatic rings. The molecule has 4 rings (SSSR count). The van der Waals surface area contributed by atoms with Crippen molar-refractivity contribution in [1.29, 1.82) is 0 Å². The highest BCUT2D eigenvalue weighted by Gasteiger charge is 2.51.